The van der Waals surface area contributed by atoms with E-state index < -0.39 is 10.0 Å². The summed E-state index contributed by atoms with van der Waals surface area (Å²) in [4.78, 5) is 14.1. The molecule has 2 aromatic heterocycles. The Morgan fingerprint density at radius 2 is 1.91 bits per heavy atom. The van der Waals surface area contributed by atoms with E-state index in [1.807, 2.05) is 6.07 Å². The lowest BCUT2D eigenvalue weighted by Gasteiger charge is -2.11. The molecule has 0 unspecified atom stereocenters. The van der Waals surface area contributed by atoms with Gasteiger partial charge in [0.05, 0.1) is 10.3 Å². The Morgan fingerprint density at radius 1 is 1.06 bits per heavy atom. The molecule has 1 aliphatic heterocycles. The number of thiophene rings is 1. The fraction of sp³-hybridized carbons (Fsp3) is 0.174. The van der Waals surface area contributed by atoms with Gasteiger partial charge in [0.1, 0.15) is 22.8 Å². The van der Waals surface area contributed by atoms with Crippen molar-refractivity contribution in [1.29, 1.82) is 0 Å². The van der Waals surface area contributed by atoms with Crippen LogP contribution in [0, 0.1) is 6.92 Å². The highest BCUT2D eigenvalue weighted by atomic mass is 32.2. The summed E-state index contributed by atoms with van der Waals surface area (Å²) >= 11 is 1.55. The van der Waals surface area contributed by atoms with Crippen LogP contribution >= 0.6 is 11.3 Å². The number of sulfonamides is 1. The highest BCUT2D eigenvalue weighted by Crippen LogP contribution is 2.37. The lowest BCUT2D eigenvalue weighted by molar-refractivity contribution is 0.592. The molecule has 32 heavy (non-hydrogen) atoms. The van der Waals surface area contributed by atoms with Crippen LogP contribution in [0.15, 0.2) is 70.1 Å². The number of aliphatic imine (C=N–C) groups is 1. The van der Waals surface area contributed by atoms with Crippen LogP contribution in [0.3, 0.4) is 0 Å². The van der Waals surface area contributed by atoms with Crippen molar-refractivity contribution in [3.05, 3.63) is 65.8 Å². The minimum atomic E-state index is -3.70. The molecule has 2 aromatic carbocycles. The number of anilines is 2. The van der Waals surface area contributed by atoms with E-state index in [0.717, 1.165) is 27.8 Å². The molecule has 9 heteroatoms. The molecule has 0 fully saturated rings. The van der Waals surface area contributed by atoms with Gasteiger partial charge in [-0.05, 0) is 37.1 Å². The molecular formula is C23H21N5O2S2. The maximum Gasteiger partial charge on any atom is 0.262 e. The van der Waals surface area contributed by atoms with Gasteiger partial charge in [-0.25, -0.2) is 18.4 Å². The molecule has 0 saturated heterocycles. The number of fused-ring (bicyclic) bond motifs is 1. The summed E-state index contributed by atoms with van der Waals surface area (Å²) in [5, 5.41) is 6.28. The minimum absolute atomic E-state index is 0.173. The number of amidine groups is 1. The second-order valence-electron chi connectivity index (χ2n) is 7.61. The molecule has 0 saturated carbocycles. The Bertz CT molecular complexity index is 1430. The van der Waals surface area contributed by atoms with E-state index >= 15 is 0 Å². The van der Waals surface area contributed by atoms with E-state index in [1.165, 1.54) is 11.9 Å². The fourth-order valence-corrected chi connectivity index (χ4v) is 5.68. The van der Waals surface area contributed by atoms with Crippen molar-refractivity contribution >= 4 is 48.9 Å². The summed E-state index contributed by atoms with van der Waals surface area (Å²) in [6.45, 7) is 2.72. The lowest BCUT2D eigenvalue weighted by Crippen LogP contribution is -2.29. The zero-order valence-corrected chi connectivity index (χ0v) is 19.0. The molecule has 2 N–H and O–H groups in total. The summed E-state index contributed by atoms with van der Waals surface area (Å²) in [7, 11) is -3.70. The maximum atomic E-state index is 12.8. The second kappa shape index (κ2) is 8.33. The van der Waals surface area contributed by atoms with Gasteiger partial charge >= 0.3 is 0 Å². The van der Waals surface area contributed by atoms with Crippen molar-refractivity contribution in [2.75, 3.05) is 11.9 Å². The van der Waals surface area contributed by atoms with Crippen molar-refractivity contribution in [2.45, 2.75) is 24.7 Å². The molecule has 5 rings (SSSR count). The van der Waals surface area contributed by atoms with Crippen molar-refractivity contribution in [1.82, 2.24) is 14.7 Å². The van der Waals surface area contributed by atoms with Gasteiger partial charge in [-0.15, -0.1) is 11.3 Å². The van der Waals surface area contributed by atoms with Crippen LogP contribution in [0.5, 0.6) is 0 Å². The fourth-order valence-electron chi connectivity index (χ4n) is 3.63. The normalized spacial score (nSPS) is 13.8. The van der Waals surface area contributed by atoms with Crippen LogP contribution < -0.4 is 10.0 Å². The van der Waals surface area contributed by atoms with E-state index in [9.17, 15) is 8.42 Å². The van der Waals surface area contributed by atoms with E-state index in [0.29, 0.717) is 30.3 Å². The number of nitrogens with one attached hydrogen (secondary N) is 2. The number of nitrogens with zero attached hydrogens (tertiary/aromatic N) is 3. The predicted octanol–water partition coefficient (Wildman–Crippen LogP) is 4.88. The first-order valence-electron chi connectivity index (χ1n) is 10.2. The van der Waals surface area contributed by atoms with E-state index in [1.54, 1.807) is 29.5 Å². The SMILES string of the molecule is Cc1ccc(-c2csc3ncnc(Nc4cccc(S(=O)(=O)NC5=NCCC5)c4)c23)cc1. The molecule has 3 heterocycles. The zero-order valence-electron chi connectivity index (χ0n) is 17.4. The van der Waals surface area contributed by atoms with Crippen LogP contribution in [0.1, 0.15) is 18.4 Å². The van der Waals surface area contributed by atoms with Gasteiger partial charge in [-0.1, -0.05) is 35.9 Å². The summed E-state index contributed by atoms with van der Waals surface area (Å²) in [5.74, 6) is 1.15. The third kappa shape index (κ3) is 4.09. The Hall–Kier alpha value is -3.30. The first kappa shape index (κ1) is 20.6. The zero-order chi connectivity index (χ0) is 22.1. The largest absolute Gasteiger partial charge is 0.340 e. The molecular weight excluding hydrogens is 442 g/mol. The molecule has 0 spiro atoms. The van der Waals surface area contributed by atoms with Crippen LogP contribution in [0.25, 0.3) is 21.3 Å². The Kier molecular flexibility index (Phi) is 5.36. The second-order valence-corrected chi connectivity index (χ2v) is 10.1. The monoisotopic (exact) mass is 463 g/mol. The van der Waals surface area contributed by atoms with Gasteiger partial charge in [-0.3, -0.25) is 9.71 Å². The molecule has 0 atom stereocenters. The van der Waals surface area contributed by atoms with Crippen LogP contribution in [0.4, 0.5) is 11.5 Å². The first-order chi connectivity index (χ1) is 15.5. The van der Waals surface area contributed by atoms with Gasteiger partial charge < -0.3 is 5.32 Å². The molecule has 0 amide bonds. The standard InChI is InChI=1S/C23H21N5O2S2/c1-15-7-9-16(10-8-15)19-13-31-23-21(19)22(25-14-26-23)27-17-4-2-5-18(12-17)32(29,30)28-20-6-3-11-24-20/h2,4-5,7-10,12-14H,3,6,11H2,1H3,(H,24,28)(H,25,26,27). The summed E-state index contributed by atoms with van der Waals surface area (Å²) in [6.07, 6.45) is 3.03. The Balaban J connectivity index is 1.49. The third-order valence-corrected chi connectivity index (χ3v) is 7.53. The van der Waals surface area contributed by atoms with Gasteiger partial charge in [0.2, 0.25) is 0 Å². The highest BCUT2D eigenvalue weighted by molar-refractivity contribution is 7.90. The van der Waals surface area contributed by atoms with Gasteiger partial charge in [0.15, 0.2) is 0 Å². The molecule has 0 radical (unpaired) electrons. The van der Waals surface area contributed by atoms with Crippen molar-refractivity contribution in [3.63, 3.8) is 0 Å². The summed E-state index contributed by atoms with van der Waals surface area (Å²) in [6, 6.07) is 15.0. The predicted molar refractivity (Wildman–Crippen MR) is 129 cm³/mol. The quantitative estimate of drug-likeness (QED) is 0.440. The number of rotatable bonds is 5. The first-order valence-corrected chi connectivity index (χ1v) is 12.6. The van der Waals surface area contributed by atoms with E-state index in [4.69, 9.17) is 0 Å². The molecule has 0 aliphatic carbocycles. The van der Waals surface area contributed by atoms with Crippen LogP contribution in [0.2, 0.25) is 0 Å². The topological polar surface area (TPSA) is 96.3 Å². The molecule has 1 aliphatic rings. The van der Waals surface area contributed by atoms with Crippen molar-refractivity contribution in [2.24, 2.45) is 4.99 Å². The molecule has 4 aromatic rings. The average Bonchev–Trinajstić information content (AvgIpc) is 3.45. The molecule has 7 nitrogen and oxygen atoms in total. The van der Waals surface area contributed by atoms with Gasteiger partial charge in [0, 0.05) is 29.6 Å². The number of benzene rings is 2. The van der Waals surface area contributed by atoms with Gasteiger partial charge in [0.25, 0.3) is 10.0 Å². The Morgan fingerprint density at radius 3 is 2.69 bits per heavy atom. The van der Waals surface area contributed by atoms with Crippen LogP contribution in [-0.4, -0.2) is 30.8 Å². The molecule has 162 valence electrons. The average molecular weight is 464 g/mol. The summed E-state index contributed by atoms with van der Waals surface area (Å²) < 4.78 is 28.2. The van der Waals surface area contributed by atoms with E-state index in [-0.39, 0.29) is 4.90 Å². The van der Waals surface area contributed by atoms with Gasteiger partial charge in [-0.2, -0.15) is 0 Å². The number of aromatic nitrogens is 2. The lowest BCUT2D eigenvalue weighted by atomic mass is 10.0. The van der Waals surface area contributed by atoms with Crippen molar-refractivity contribution < 1.29 is 8.42 Å². The van der Waals surface area contributed by atoms with Crippen LogP contribution in [-0.2, 0) is 10.0 Å². The number of hydrogen-bond acceptors (Lipinski definition) is 7. The number of hydrogen-bond donors (Lipinski definition) is 2. The maximum absolute atomic E-state index is 12.8. The highest BCUT2D eigenvalue weighted by Gasteiger charge is 2.19. The summed E-state index contributed by atoms with van der Waals surface area (Å²) in [5.41, 5.74) is 3.94. The number of aryl methyl sites for hydroxylation is 1. The van der Waals surface area contributed by atoms with Crippen molar-refractivity contribution in [3.8, 4) is 11.1 Å². The van der Waals surface area contributed by atoms with E-state index in [2.05, 4.69) is 61.6 Å². The molecule has 0 bridgehead atoms. The third-order valence-electron chi connectivity index (χ3n) is 5.27. The Labute approximate surface area is 190 Å². The smallest absolute Gasteiger partial charge is 0.262 e. The minimum Gasteiger partial charge on any atom is -0.340 e.